The van der Waals surface area contributed by atoms with Crippen molar-refractivity contribution < 1.29 is 14.4 Å². The number of rotatable bonds is 7. The van der Waals surface area contributed by atoms with Crippen molar-refractivity contribution in [3.05, 3.63) is 15.9 Å². The summed E-state index contributed by atoms with van der Waals surface area (Å²) < 4.78 is 10.6. The second kappa shape index (κ2) is 7.35. The van der Waals surface area contributed by atoms with Crippen LogP contribution in [0.2, 0.25) is 0 Å². The summed E-state index contributed by atoms with van der Waals surface area (Å²) in [5, 5.41) is 14.3. The maximum Gasteiger partial charge on any atom is 0.372 e. The maximum absolute atomic E-state index is 11.3. The van der Waals surface area contributed by atoms with E-state index in [0.717, 1.165) is 19.3 Å². The number of anilines is 1. The standard InChI is InChI=1S/C14H22N4O4/c1-9(2)6-7-15-13-11(18(19)20)14(21-3)17-12(16-13)10-5-4-8-22-10/h9-10H,4-8H2,1-3H3,(H,15,16,17). The van der Waals surface area contributed by atoms with E-state index in [1.165, 1.54) is 7.11 Å². The van der Waals surface area contributed by atoms with Crippen molar-refractivity contribution in [3.8, 4) is 5.88 Å². The fraction of sp³-hybridized carbons (Fsp3) is 0.714. The number of methoxy groups -OCH3 is 1. The van der Waals surface area contributed by atoms with E-state index in [1.54, 1.807) is 0 Å². The number of nitrogens with zero attached hydrogens (tertiary/aromatic N) is 3. The third-order valence-corrected chi connectivity index (χ3v) is 3.48. The maximum atomic E-state index is 11.3. The molecule has 1 saturated heterocycles. The molecule has 1 atom stereocenters. The zero-order valence-corrected chi connectivity index (χ0v) is 13.2. The van der Waals surface area contributed by atoms with Gasteiger partial charge in [-0.25, -0.2) is 4.98 Å². The summed E-state index contributed by atoms with van der Waals surface area (Å²) in [4.78, 5) is 19.3. The largest absolute Gasteiger partial charge is 0.476 e. The Morgan fingerprint density at radius 1 is 1.50 bits per heavy atom. The van der Waals surface area contributed by atoms with Gasteiger partial charge in [-0.1, -0.05) is 13.8 Å². The van der Waals surface area contributed by atoms with Crippen LogP contribution in [0.3, 0.4) is 0 Å². The van der Waals surface area contributed by atoms with Gasteiger partial charge in [0, 0.05) is 13.2 Å². The molecule has 8 heteroatoms. The van der Waals surface area contributed by atoms with Crippen LogP contribution in [0.5, 0.6) is 5.88 Å². The minimum absolute atomic E-state index is 0.0300. The van der Waals surface area contributed by atoms with Crippen LogP contribution in [-0.4, -0.2) is 35.2 Å². The Kier molecular flexibility index (Phi) is 5.48. The Morgan fingerprint density at radius 2 is 2.27 bits per heavy atom. The van der Waals surface area contributed by atoms with E-state index >= 15 is 0 Å². The Bertz CT molecular complexity index is 530. The van der Waals surface area contributed by atoms with Crippen molar-refractivity contribution in [3.63, 3.8) is 0 Å². The highest BCUT2D eigenvalue weighted by molar-refractivity contribution is 5.61. The van der Waals surface area contributed by atoms with Gasteiger partial charge in [0.15, 0.2) is 5.82 Å². The lowest BCUT2D eigenvalue weighted by Gasteiger charge is -2.13. The van der Waals surface area contributed by atoms with E-state index in [4.69, 9.17) is 9.47 Å². The predicted molar refractivity (Wildman–Crippen MR) is 81.1 cm³/mol. The van der Waals surface area contributed by atoms with Gasteiger partial charge in [0.1, 0.15) is 6.10 Å². The Labute approximate surface area is 129 Å². The molecule has 2 rings (SSSR count). The number of hydrogen-bond donors (Lipinski definition) is 1. The number of aromatic nitrogens is 2. The lowest BCUT2D eigenvalue weighted by molar-refractivity contribution is -0.385. The van der Waals surface area contributed by atoms with Gasteiger partial charge in [0.05, 0.1) is 12.0 Å². The van der Waals surface area contributed by atoms with Crippen LogP contribution < -0.4 is 10.1 Å². The summed E-state index contributed by atoms with van der Waals surface area (Å²) in [6, 6.07) is 0. The molecule has 0 amide bonds. The summed E-state index contributed by atoms with van der Waals surface area (Å²) in [5.41, 5.74) is -0.229. The van der Waals surface area contributed by atoms with Gasteiger partial charge in [-0.05, 0) is 25.2 Å². The first-order chi connectivity index (χ1) is 10.5. The van der Waals surface area contributed by atoms with Gasteiger partial charge in [0.25, 0.3) is 5.88 Å². The van der Waals surface area contributed by atoms with Crippen molar-refractivity contribution >= 4 is 11.5 Å². The zero-order chi connectivity index (χ0) is 16.1. The molecule has 0 spiro atoms. The highest BCUT2D eigenvalue weighted by Crippen LogP contribution is 2.35. The van der Waals surface area contributed by atoms with E-state index < -0.39 is 4.92 Å². The molecule has 1 aromatic heterocycles. The van der Waals surface area contributed by atoms with Gasteiger partial charge < -0.3 is 14.8 Å². The van der Waals surface area contributed by atoms with Crippen molar-refractivity contribution in [2.75, 3.05) is 25.6 Å². The lowest BCUT2D eigenvalue weighted by Crippen LogP contribution is -2.13. The molecule has 1 unspecified atom stereocenters. The number of ether oxygens (including phenoxy) is 2. The fourth-order valence-corrected chi connectivity index (χ4v) is 2.29. The van der Waals surface area contributed by atoms with Crippen molar-refractivity contribution in [1.82, 2.24) is 9.97 Å². The fourth-order valence-electron chi connectivity index (χ4n) is 2.29. The van der Waals surface area contributed by atoms with Crippen LogP contribution in [0, 0.1) is 16.0 Å². The molecule has 122 valence electrons. The summed E-state index contributed by atoms with van der Waals surface area (Å²) in [6.45, 7) is 5.44. The quantitative estimate of drug-likeness (QED) is 0.610. The molecule has 1 aliphatic heterocycles. The molecule has 0 aliphatic carbocycles. The molecule has 1 aromatic rings. The van der Waals surface area contributed by atoms with Crippen LogP contribution in [-0.2, 0) is 4.74 Å². The SMILES string of the molecule is COc1nc(C2CCCO2)nc(NCCC(C)C)c1[N+](=O)[O-]. The molecule has 0 saturated carbocycles. The smallest absolute Gasteiger partial charge is 0.372 e. The van der Waals surface area contributed by atoms with Crippen molar-refractivity contribution in [2.45, 2.75) is 39.2 Å². The normalized spacial score (nSPS) is 17.7. The second-order valence-electron chi connectivity index (χ2n) is 5.66. The molecular formula is C14H22N4O4. The van der Waals surface area contributed by atoms with Gasteiger partial charge in [-0.2, -0.15) is 4.98 Å². The zero-order valence-electron chi connectivity index (χ0n) is 13.2. The predicted octanol–water partition coefficient (Wildman–Crippen LogP) is 2.70. The number of hydrogen-bond acceptors (Lipinski definition) is 7. The molecule has 1 N–H and O–H groups in total. The number of nitrogens with one attached hydrogen (secondary N) is 1. The van der Waals surface area contributed by atoms with E-state index in [2.05, 4.69) is 29.1 Å². The highest BCUT2D eigenvalue weighted by atomic mass is 16.6. The van der Waals surface area contributed by atoms with Crippen LogP contribution in [0.1, 0.15) is 45.0 Å². The summed E-state index contributed by atoms with van der Waals surface area (Å²) in [5.74, 6) is 1.10. The van der Waals surface area contributed by atoms with Crippen LogP contribution in [0.25, 0.3) is 0 Å². The van der Waals surface area contributed by atoms with E-state index in [-0.39, 0.29) is 23.5 Å². The lowest BCUT2D eigenvalue weighted by atomic mass is 10.1. The Morgan fingerprint density at radius 3 is 2.82 bits per heavy atom. The second-order valence-corrected chi connectivity index (χ2v) is 5.66. The van der Waals surface area contributed by atoms with Crippen LogP contribution >= 0.6 is 0 Å². The van der Waals surface area contributed by atoms with Crippen molar-refractivity contribution in [1.29, 1.82) is 0 Å². The minimum Gasteiger partial charge on any atom is -0.476 e. The first kappa shape index (κ1) is 16.4. The van der Waals surface area contributed by atoms with E-state index in [1.807, 2.05) is 0 Å². The van der Waals surface area contributed by atoms with Gasteiger partial charge in [-0.15, -0.1) is 0 Å². The van der Waals surface area contributed by atoms with Crippen molar-refractivity contribution in [2.24, 2.45) is 5.92 Å². The molecule has 0 bridgehead atoms. The molecule has 0 radical (unpaired) electrons. The molecule has 1 aliphatic rings. The third kappa shape index (κ3) is 3.82. The highest BCUT2D eigenvalue weighted by Gasteiger charge is 2.29. The number of nitro groups is 1. The first-order valence-electron chi connectivity index (χ1n) is 7.48. The topological polar surface area (TPSA) is 99.4 Å². The average molecular weight is 310 g/mol. The first-order valence-corrected chi connectivity index (χ1v) is 7.48. The average Bonchev–Trinajstić information content (AvgIpc) is 2.99. The Hall–Kier alpha value is -1.96. The Balaban J connectivity index is 2.32. The monoisotopic (exact) mass is 310 g/mol. The minimum atomic E-state index is -0.518. The summed E-state index contributed by atoms with van der Waals surface area (Å²) in [7, 11) is 1.37. The molecule has 8 nitrogen and oxygen atoms in total. The van der Waals surface area contributed by atoms with E-state index in [9.17, 15) is 10.1 Å². The molecule has 22 heavy (non-hydrogen) atoms. The van der Waals surface area contributed by atoms with Crippen LogP contribution in [0.4, 0.5) is 11.5 Å². The summed E-state index contributed by atoms with van der Waals surface area (Å²) in [6.07, 6.45) is 2.41. The molecular weight excluding hydrogens is 288 g/mol. The van der Waals surface area contributed by atoms with Crippen LogP contribution in [0.15, 0.2) is 0 Å². The molecule has 1 fully saturated rings. The third-order valence-electron chi connectivity index (χ3n) is 3.48. The van der Waals surface area contributed by atoms with Gasteiger partial charge >= 0.3 is 5.69 Å². The summed E-state index contributed by atoms with van der Waals surface area (Å²) >= 11 is 0. The molecule has 0 aromatic carbocycles. The molecule has 2 heterocycles. The van der Waals surface area contributed by atoms with Gasteiger partial charge in [0.2, 0.25) is 5.82 Å². The van der Waals surface area contributed by atoms with Gasteiger partial charge in [-0.3, -0.25) is 10.1 Å². The van der Waals surface area contributed by atoms with E-state index in [0.29, 0.717) is 24.9 Å².